The molecule has 0 heterocycles. The first-order valence-electron chi connectivity index (χ1n) is 5.49. The third-order valence-corrected chi connectivity index (χ3v) is 2.44. The van der Waals surface area contributed by atoms with Crippen molar-refractivity contribution in [1.29, 1.82) is 0 Å². The summed E-state index contributed by atoms with van der Waals surface area (Å²) in [7, 11) is 3.26. The maximum absolute atomic E-state index is 8.81. The zero-order chi connectivity index (χ0) is 12.7. The van der Waals surface area contributed by atoms with Gasteiger partial charge >= 0.3 is 0 Å². The maximum Gasteiger partial charge on any atom is 0.123 e. The molecule has 96 valence electrons. The summed E-state index contributed by atoms with van der Waals surface area (Å²) >= 11 is 0. The van der Waals surface area contributed by atoms with Crippen molar-refractivity contribution in [3.05, 3.63) is 23.8 Å². The highest BCUT2D eigenvalue weighted by molar-refractivity contribution is 5.40. The Hall–Kier alpha value is -1.30. The first-order valence-corrected chi connectivity index (χ1v) is 5.49. The van der Waals surface area contributed by atoms with Crippen molar-refractivity contribution >= 4 is 0 Å². The van der Waals surface area contributed by atoms with Crippen LogP contribution in [0.5, 0.6) is 11.5 Å². The molecule has 0 amide bonds. The van der Waals surface area contributed by atoms with Gasteiger partial charge in [-0.05, 0) is 18.2 Å². The van der Waals surface area contributed by atoms with Crippen molar-refractivity contribution in [3.8, 4) is 11.5 Å². The summed E-state index contributed by atoms with van der Waals surface area (Å²) in [5, 5.41) is 12.0. The van der Waals surface area contributed by atoms with Crippen LogP contribution in [-0.4, -0.2) is 38.5 Å². The summed E-state index contributed by atoms with van der Waals surface area (Å²) in [5.41, 5.74) is 6.59. The Morgan fingerprint density at radius 2 is 2.12 bits per heavy atom. The molecule has 0 aliphatic heterocycles. The van der Waals surface area contributed by atoms with Gasteiger partial charge in [-0.15, -0.1) is 0 Å². The van der Waals surface area contributed by atoms with Crippen LogP contribution < -0.4 is 20.5 Å². The number of aliphatic hydroxyl groups is 1. The van der Waals surface area contributed by atoms with Crippen LogP contribution in [0.3, 0.4) is 0 Å². The smallest absolute Gasteiger partial charge is 0.123 e. The molecule has 0 aliphatic carbocycles. The van der Waals surface area contributed by atoms with Crippen LogP contribution in [0.15, 0.2) is 18.2 Å². The zero-order valence-electron chi connectivity index (χ0n) is 10.3. The van der Waals surface area contributed by atoms with Gasteiger partial charge in [-0.1, -0.05) is 0 Å². The Morgan fingerprint density at radius 1 is 1.35 bits per heavy atom. The van der Waals surface area contributed by atoms with Crippen LogP contribution in [0.25, 0.3) is 0 Å². The predicted octanol–water partition coefficient (Wildman–Crippen LogP) is 0.113. The normalized spacial score (nSPS) is 12.2. The number of benzene rings is 1. The van der Waals surface area contributed by atoms with Gasteiger partial charge in [-0.2, -0.15) is 0 Å². The van der Waals surface area contributed by atoms with Crippen molar-refractivity contribution in [3.63, 3.8) is 0 Å². The topological polar surface area (TPSA) is 76.7 Å². The fourth-order valence-corrected chi connectivity index (χ4v) is 1.48. The number of nitrogens with one attached hydrogen (secondary N) is 1. The van der Waals surface area contributed by atoms with E-state index in [0.717, 1.165) is 17.1 Å². The van der Waals surface area contributed by atoms with Gasteiger partial charge in [0.05, 0.1) is 20.8 Å². The van der Waals surface area contributed by atoms with Crippen LogP contribution in [0.1, 0.15) is 5.56 Å². The van der Waals surface area contributed by atoms with Gasteiger partial charge in [0.2, 0.25) is 0 Å². The molecule has 17 heavy (non-hydrogen) atoms. The summed E-state index contributed by atoms with van der Waals surface area (Å²) in [6.07, 6.45) is 0. The fraction of sp³-hybridized carbons (Fsp3) is 0.500. The summed E-state index contributed by atoms with van der Waals surface area (Å²) in [6.45, 7) is 1.15. The van der Waals surface area contributed by atoms with E-state index in [1.165, 1.54) is 0 Å². The summed E-state index contributed by atoms with van der Waals surface area (Å²) in [6, 6.07) is 5.38. The molecule has 5 nitrogen and oxygen atoms in total. The second-order valence-electron chi connectivity index (χ2n) is 3.75. The van der Waals surface area contributed by atoms with E-state index in [-0.39, 0.29) is 12.6 Å². The van der Waals surface area contributed by atoms with Crippen molar-refractivity contribution in [2.24, 2.45) is 5.73 Å². The largest absolute Gasteiger partial charge is 0.497 e. The average Bonchev–Trinajstić information content (AvgIpc) is 2.38. The SMILES string of the molecule is COc1ccc(OC)c(CNCC(N)CO)c1. The molecule has 0 spiro atoms. The Balaban J connectivity index is 2.61. The summed E-state index contributed by atoms with van der Waals surface area (Å²) < 4.78 is 10.4. The second-order valence-corrected chi connectivity index (χ2v) is 3.75. The molecule has 1 aromatic rings. The monoisotopic (exact) mass is 240 g/mol. The van der Waals surface area contributed by atoms with Crippen molar-refractivity contribution < 1.29 is 14.6 Å². The predicted molar refractivity (Wildman–Crippen MR) is 66.3 cm³/mol. The number of methoxy groups -OCH3 is 2. The van der Waals surface area contributed by atoms with Crippen molar-refractivity contribution in [2.75, 3.05) is 27.4 Å². The molecule has 0 aromatic heterocycles. The van der Waals surface area contributed by atoms with Gasteiger partial charge in [-0.25, -0.2) is 0 Å². The van der Waals surface area contributed by atoms with Gasteiger partial charge < -0.3 is 25.6 Å². The van der Waals surface area contributed by atoms with Crippen molar-refractivity contribution in [2.45, 2.75) is 12.6 Å². The lowest BCUT2D eigenvalue weighted by atomic mass is 10.2. The fourth-order valence-electron chi connectivity index (χ4n) is 1.48. The quantitative estimate of drug-likeness (QED) is 0.631. The van der Waals surface area contributed by atoms with Crippen LogP contribution in [0, 0.1) is 0 Å². The van der Waals surface area contributed by atoms with Crippen molar-refractivity contribution in [1.82, 2.24) is 5.32 Å². The lowest BCUT2D eigenvalue weighted by Gasteiger charge is -2.13. The third-order valence-electron chi connectivity index (χ3n) is 2.44. The average molecular weight is 240 g/mol. The summed E-state index contributed by atoms with van der Waals surface area (Å²) in [5.74, 6) is 1.59. The van der Waals surface area contributed by atoms with Gasteiger partial charge in [0, 0.05) is 24.7 Å². The molecule has 1 rings (SSSR count). The Bertz CT molecular complexity index is 345. The highest BCUT2D eigenvalue weighted by Gasteiger charge is 2.05. The van der Waals surface area contributed by atoms with E-state index in [0.29, 0.717) is 13.1 Å². The Labute approximate surface area is 102 Å². The van der Waals surface area contributed by atoms with Gasteiger partial charge in [0.25, 0.3) is 0 Å². The molecule has 1 atom stereocenters. The standard InChI is InChI=1S/C12H20N2O3/c1-16-11-3-4-12(17-2)9(5-11)6-14-7-10(13)8-15/h3-5,10,14-15H,6-8,13H2,1-2H3. The number of ether oxygens (including phenoxy) is 2. The molecule has 0 bridgehead atoms. The summed E-state index contributed by atoms with van der Waals surface area (Å²) in [4.78, 5) is 0. The van der Waals surface area contributed by atoms with Gasteiger partial charge in [-0.3, -0.25) is 0 Å². The molecular weight excluding hydrogens is 220 g/mol. The van der Waals surface area contributed by atoms with Crippen LogP contribution >= 0.6 is 0 Å². The minimum absolute atomic E-state index is 0.0255. The number of hydrogen-bond acceptors (Lipinski definition) is 5. The minimum Gasteiger partial charge on any atom is -0.497 e. The molecule has 0 saturated heterocycles. The van der Waals surface area contributed by atoms with E-state index < -0.39 is 0 Å². The minimum atomic E-state index is -0.244. The Morgan fingerprint density at radius 3 is 2.71 bits per heavy atom. The zero-order valence-corrected chi connectivity index (χ0v) is 10.3. The van der Waals surface area contributed by atoms with Crippen LogP contribution in [0.2, 0.25) is 0 Å². The van der Waals surface area contributed by atoms with E-state index in [1.54, 1.807) is 14.2 Å². The van der Waals surface area contributed by atoms with E-state index in [9.17, 15) is 0 Å². The van der Waals surface area contributed by atoms with Crippen LogP contribution in [-0.2, 0) is 6.54 Å². The first kappa shape index (κ1) is 13.8. The lowest BCUT2D eigenvalue weighted by Crippen LogP contribution is -2.36. The first-order chi connectivity index (χ1) is 8.21. The molecule has 0 fully saturated rings. The number of nitrogens with two attached hydrogens (primary N) is 1. The second kappa shape index (κ2) is 7.11. The number of aliphatic hydroxyl groups excluding tert-OH is 1. The number of rotatable bonds is 7. The molecule has 1 aromatic carbocycles. The van der Waals surface area contributed by atoms with Crippen LogP contribution in [0.4, 0.5) is 0 Å². The third kappa shape index (κ3) is 4.22. The molecule has 4 N–H and O–H groups in total. The molecule has 0 saturated carbocycles. The van der Waals surface area contributed by atoms with Gasteiger partial charge in [0.15, 0.2) is 0 Å². The molecule has 5 heteroatoms. The van der Waals surface area contributed by atoms with E-state index >= 15 is 0 Å². The van der Waals surface area contributed by atoms with E-state index in [1.807, 2.05) is 18.2 Å². The molecular formula is C12H20N2O3. The highest BCUT2D eigenvalue weighted by atomic mass is 16.5. The van der Waals surface area contributed by atoms with E-state index in [4.69, 9.17) is 20.3 Å². The molecule has 0 radical (unpaired) electrons. The Kier molecular flexibility index (Phi) is 5.76. The molecule has 1 unspecified atom stereocenters. The highest BCUT2D eigenvalue weighted by Crippen LogP contribution is 2.23. The number of hydrogen-bond donors (Lipinski definition) is 3. The maximum atomic E-state index is 8.81. The van der Waals surface area contributed by atoms with E-state index in [2.05, 4.69) is 5.32 Å². The van der Waals surface area contributed by atoms with Gasteiger partial charge in [0.1, 0.15) is 11.5 Å². The lowest BCUT2D eigenvalue weighted by molar-refractivity contribution is 0.262. The molecule has 0 aliphatic rings.